The number of primary amides is 1. The van der Waals surface area contributed by atoms with Crippen LogP contribution in [0.3, 0.4) is 0 Å². The first kappa shape index (κ1) is 30.9. The van der Waals surface area contributed by atoms with Crippen LogP contribution in [0.25, 0.3) is 0 Å². The Kier molecular flexibility index (Phi) is 12.3. The number of urea groups is 1. The van der Waals surface area contributed by atoms with Gasteiger partial charge >= 0.3 is 18.0 Å². The van der Waals surface area contributed by atoms with E-state index in [1.54, 1.807) is 0 Å². The summed E-state index contributed by atoms with van der Waals surface area (Å²) < 4.78 is 37.5. The number of likely N-dealkylation sites (tertiary alicyclic amines) is 1. The van der Waals surface area contributed by atoms with Crippen molar-refractivity contribution >= 4 is 56.3 Å². The molecule has 1 saturated heterocycles. The van der Waals surface area contributed by atoms with Gasteiger partial charge in [-0.2, -0.15) is 4.37 Å². The molecule has 0 unspecified atom stereocenters. The van der Waals surface area contributed by atoms with E-state index in [1.807, 2.05) is 0 Å². The molecular formula is C22H26BrF2N5O7S. The van der Waals surface area contributed by atoms with Gasteiger partial charge in [0.1, 0.15) is 28.8 Å². The fourth-order valence-corrected chi connectivity index (χ4v) is 4.48. The number of hydrogen-bond acceptors (Lipinski definition) is 8. The van der Waals surface area contributed by atoms with Gasteiger partial charge in [0, 0.05) is 11.0 Å². The highest BCUT2D eigenvalue weighted by molar-refractivity contribution is 9.10. The van der Waals surface area contributed by atoms with Gasteiger partial charge in [0.15, 0.2) is 0 Å². The number of carbonyl (C=O) groups is 4. The normalized spacial score (nSPS) is 12.8. The van der Waals surface area contributed by atoms with Crippen LogP contribution >= 0.6 is 27.5 Å². The number of halogens is 3. The fraction of sp³-hybridized carbons (Fsp3) is 0.409. The molecule has 2 heterocycles. The van der Waals surface area contributed by atoms with E-state index in [1.165, 1.54) is 12.8 Å². The summed E-state index contributed by atoms with van der Waals surface area (Å²) in [5.74, 6) is -6.35. The molecule has 0 atom stereocenters. The number of nitrogens with one attached hydrogen (secondary N) is 2. The van der Waals surface area contributed by atoms with Crippen LogP contribution in [0.2, 0.25) is 0 Å². The topological polar surface area (TPSA) is 184 Å². The van der Waals surface area contributed by atoms with Crippen LogP contribution in [0, 0.1) is 11.6 Å². The molecule has 16 heteroatoms. The first-order valence-electron chi connectivity index (χ1n) is 11.3. The zero-order chi connectivity index (χ0) is 28.2. The van der Waals surface area contributed by atoms with E-state index >= 15 is 0 Å². The smallest absolute Gasteiger partial charge is 0.414 e. The van der Waals surface area contributed by atoms with Crippen molar-refractivity contribution in [2.45, 2.75) is 32.3 Å². The number of benzene rings is 1. The summed E-state index contributed by atoms with van der Waals surface area (Å²) in [7, 11) is 0. The molecule has 1 aromatic heterocycles. The summed E-state index contributed by atoms with van der Waals surface area (Å²) >= 11 is 3.79. The molecule has 0 saturated carbocycles. The summed E-state index contributed by atoms with van der Waals surface area (Å²) in [6, 6.07) is 1.69. The molecule has 0 spiro atoms. The Morgan fingerprint density at radius 2 is 1.71 bits per heavy atom. The molecule has 3 amide bonds. The van der Waals surface area contributed by atoms with Gasteiger partial charge in [0.05, 0.1) is 5.56 Å². The zero-order valence-electron chi connectivity index (χ0n) is 20.0. The lowest BCUT2D eigenvalue weighted by atomic mass is 10.2. The van der Waals surface area contributed by atoms with Gasteiger partial charge in [-0.1, -0.05) is 15.9 Å². The van der Waals surface area contributed by atoms with E-state index < -0.39 is 42.1 Å². The van der Waals surface area contributed by atoms with Gasteiger partial charge in [-0.15, -0.1) is 0 Å². The molecule has 6 N–H and O–H groups in total. The molecule has 0 bridgehead atoms. The minimum atomic E-state index is -1.82. The van der Waals surface area contributed by atoms with Gasteiger partial charge in [-0.25, -0.2) is 23.2 Å². The van der Waals surface area contributed by atoms with Gasteiger partial charge in [-0.05, 0) is 69.0 Å². The highest BCUT2D eigenvalue weighted by Crippen LogP contribution is 2.31. The molecule has 1 aromatic carbocycles. The maximum absolute atomic E-state index is 14.0. The number of carboxylic acids is 2. The summed E-state index contributed by atoms with van der Waals surface area (Å²) in [5, 5.41) is 20.1. The number of carbonyl (C=O) groups excluding carboxylic acids is 2. The lowest BCUT2D eigenvalue weighted by molar-refractivity contribution is -0.159. The quantitative estimate of drug-likeness (QED) is 0.196. The van der Waals surface area contributed by atoms with Crippen molar-refractivity contribution in [1.82, 2.24) is 14.6 Å². The Morgan fingerprint density at radius 3 is 2.26 bits per heavy atom. The molecule has 12 nitrogen and oxygen atoms in total. The Hall–Kier alpha value is -3.37. The number of aromatic nitrogens is 1. The molecule has 1 fully saturated rings. The summed E-state index contributed by atoms with van der Waals surface area (Å²) in [4.78, 5) is 44.7. The van der Waals surface area contributed by atoms with Crippen LogP contribution in [0.1, 0.15) is 41.6 Å². The van der Waals surface area contributed by atoms with Crippen molar-refractivity contribution in [1.29, 1.82) is 0 Å². The maximum Gasteiger partial charge on any atom is 0.414 e. The van der Waals surface area contributed by atoms with Gasteiger partial charge < -0.3 is 30.9 Å². The van der Waals surface area contributed by atoms with Crippen molar-refractivity contribution in [3.05, 3.63) is 39.4 Å². The minimum Gasteiger partial charge on any atom is -0.473 e. The van der Waals surface area contributed by atoms with Crippen molar-refractivity contribution in [2.75, 3.05) is 31.5 Å². The number of nitrogens with zero attached hydrogens (tertiary/aromatic N) is 2. The van der Waals surface area contributed by atoms with Crippen molar-refractivity contribution in [3.8, 4) is 5.88 Å². The molecule has 1 aliphatic rings. The number of carboxylic acid groups (broad SMARTS) is 2. The minimum absolute atomic E-state index is 0.0961. The lowest BCUT2D eigenvalue weighted by Gasteiger charge is -2.14. The fourth-order valence-electron chi connectivity index (χ4n) is 3.34. The SMILES string of the molecule is NC(=O)c1c(OCc2c(F)cc(Br)cc2F)nsc1NC(=O)NCCCCN1CCCC1.O=C(O)C(=O)O. The van der Waals surface area contributed by atoms with Gasteiger partial charge in [-0.3, -0.25) is 10.1 Å². The molecule has 208 valence electrons. The number of amides is 3. The Bertz CT molecular complexity index is 1130. The van der Waals surface area contributed by atoms with E-state index in [2.05, 4.69) is 35.8 Å². The first-order chi connectivity index (χ1) is 18.0. The zero-order valence-corrected chi connectivity index (χ0v) is 22.4. The molecule has 0 aliphatic carbocycles. The summed E-state index contributed by atoms with van der Waals surface area (Å²) in [6.45, 7) is 3.28. The lowest BCUT2D eigenvalue weighted by Crippen LogP contribution is -2.30. The van der Waals surface area contributed by atoms with E-state index in [4.69, 9.17) is 30.3 Å². The second-order valence-electron chi connectivity index (χ2n) is 7.94. The second-order valence-corrected chi connectivity index (χ2v) is 9.63. The predicted octanol–water partition coefficient (Wildman–Crippen LogP) is 3.01. The number of anilines is 1. The molecular weight excluding hydrogens is 596 g/mol. The highest BCUT2D eigenvalue weighted by Gasteiger charge is 2.23. The van der Waals surface area contributed by atoms with E-state index in [0.717, 1.165) is 56.1 Å². The number of nitrogens with two attached hydrogens (primary N) is 1. The van der Waals surface area contributed by atoms with Crippen LogP contribution in [0.5, 0.6) is 5.88 Å². The molecule has 1 aliphatic heterocycles. The molecule has 2 aromatic rings. The van der Waals surface area contributed by atoms with E-state index in [0.29, 0.717) is 6.54 Å². The Balaban J connectivity index is 0.000000757. The van der Waals surface area contributed by atoms with E-state index in [-0.39, 0.29) is 26.5 Å². The average Bonchev–Trinajstić information content (AvgIpc) is 3.48. The summed E-state index contributed by atoms with van der Waals surface area (Å²) in [6.07, 6.45) is 4.30. The van der Waals surface area contributed by atoms with Crippen molar-refractivity contribution in [3.63, 3.8) is 0 Å². The van der Waals surface area contributed by atoms with Crippen LogP contribution in [0.4, 0.5) is 18.6 Å². The monoisotopic (exact) mass is 621 g/mol. The number of unbranched alkanes of at least 4 members (excludes halogenated alkanes) is 1. The van der Waals surface area contributed by atoms with Crippen LogP contribution < -0.4 is 21.1 Å². The van der Waals surface area contributed by atoms with E-state index in [9.17, 15) is 18.4 Å². The molecule has 0 radical (unpaired) electrons. The van der Waals surface area contributed by atoms with Crippen molar-refractivity contribution < 1.29 is 42.9 Å². The van der Waals surface area contributed by atoms with Crippen molar-refractivity contribution in [2.24, 2.45) is 5.73 Å². The summed E-state index contributed by atoms with van der Waals surface area (Å²) in [5.41, 5.74) is 4.92. The number of hydrogen-bond donors (Lipinski definition) is 5. The highest BCUT2D eigenvalue weighted by atomic mass is 79.9. The Morgan fingerprint density at radius 1 is 1.11 bits per heavy atom. The van der Waals surface area contributed by atoms with Crippen LogP contribution in [-0.4, -0.2) is 69.5 Å². The van der Waals surface area contributed by atoms with Crippen LogP contribution in [0.15, 0.2) is 16.6 Å². The van der Waals surface area contributed by atoms with Gasteiger partial charge in [0.25, 0.3) is 5.91 Å². The standard InChI is InChI=1S/C20H24BrF2N5O3S.C2H2O4/c21-12-9-14(22)13(15(23)10-12)11-31-18-16(17(24)29)19(32-27-18)26-20(30)25-5-1-2-6-28-7-3-4-8-28;3-1(4)2(5)6/h9-10H,1-8,11H2,(H2,24,29)(H2,25,26,30);(H,3,4)(H,5,6). The molecule has 38 heavy (non-hydrogen) atoms. The predicted molar refractivity (Wildman–Crippen MR) is 136 cm³/mol. The second kappa shape index (κ2) is 15.1. The third kappa shape index (κ3) is 9.83. The number of ether oxygens (including phenoxy) is 1. The van der Waals surface area contributed by atoms with Crippen LogP contribution in [-0.2, 0) is 16.2 Å². The number of aliphatic carboxylic acids is 2. The molecule has 3 rings (SSSR count). The Labute approximate surface area is 228 Å². The maximum atomic E-state index is 14.0. The first-order valence-corrected chi connectivity index (χ1v) is 12.8. The largest absolute Gasteiger partial charge is 0.473 e. The number of rotatable bonds is 10. The third-order valence-electron chi connectivity index (χ3n) is 5.16. The third-order valence-corrected chi connectivity index (χ3v) is 6.37. The average molecular weight is 622 g/mol. The van der Waals surface area contributed by atoms with Gasteiger partial charge in [0.2, 0.25) is 5.88 Å².